The SMILES string of the molecule is CN(c1ccccc1)S(=O)(=O)c1cccc(NC(=O)CCCOc2ccc(F)cc2F)c1. The number of ether oxygens (including phenoxy) is 1. The predicted octanol–water partition coefficient (Wildman–Crippen LogP) is 4.59. The Bertz CT molecular complexity index is 1190. The number of amides is 1. The number of carbonyl (C=O) groups is 1. The predicted molar refractivity (Wildman–Crippen MR) is 118 cm³/mol. The third kappa shape index (κ3) is 5.82. The van der Waals surface area contributed by atoms with Crippen LogP contribution in [0.15, 0.2) is 77.7 Å². The molecule has 0 fully saturated rings. The number of halogens is 2. The Hall–Kier alpha value is -3.46. The van der Waals surface area contributed by atoms with Gasteiger partial charge in [0.25, 0.3) is 10.0 Å². The lowest BCUT2D eigenvalue weighted by atomic mass is 10.2. The molecular formula is C23H22F2N2O4S. The monoisotopic (exact) mass is 460 g/mol. The minimum Gasteiger partial charge on any atom is -0.491 e. The Balaban J connectivity index is 1.56. The maximum absolute atomic E-state index is 13.5. The van der Waals surface area contributed by atoms with Crippen molar-refractivity contribution in [3.8, 4) is 5.75 Å². The highest BCUT2D eigenvalue weighted by atomic mass is 32.2. The maximum Gasteiger partial charge on any atom is 0.264 e. The van der Waals surface area contributed by atoms with Gasteiger partial charge in [0, 0.05) is 25.2 Å². The van der Waals surface area contributed by atoms with Gasteiger partial charge in [-0.2, -0.15) is 0 Å². The van der Waals surface area contributed by atoms with E-state index in [1.807, 2.05) is 0 Å². The summed E-state index contributed by atoms with van der Waals surface area (Å²) < 4.78 is 58.6. The first kappa shape index (κ1) is 23.2. The summed E-state index contributed by atoms with van der Waals surface area (Å²) in [6.07, 6.45) is 0.362. The normalized spacial score (nSPS) is 11.1. The zero-order chi connectivity index (χ0) is 23.1. The third-order valence-electron chi connectivity index (χ3n) is 4.60. The summed E-state index contributed by atoms with van der Waals surface area (Å²) in [5.41, 5.74) is 0.850. The largest absolute Gasteiger partial charge is 0.491 e. The summed E-state index contributed by atoms with van der Waals surface area (Å²) in [5.74, 6) is -1.95. The molecule has 0 aliphatic heterocycles. The molecule has 9 heteroatoms. The van der Waals surface area contributed by atoms with Gasteiger partial charge in [-0.05, 0) is 48.9 Å². The van der Waals surface area contributed by atoms with Crippen molar-refractivity contribution in [1.82, 2.24) is 0 Å². The molecule has 0 heterocycles. The average molecular weight is 461 g/mol. The summed E-state index contributed by atoms with van der Waals surface area (Å²) in [4.78, 5) is 12.2. The van der Waals surface area contributed by atoms with Crippen LogP contribution in [0.25, 0.3) is 0 Å². The van der Waals surface area contributed by atoms with Gasteiger partial charge in [0.15, 0.2) is 11.6 Å². The van der Waals surface area contributed by atoms with E-state index in [1.54, 1.807) is 42.5 Å². The van der Waals surface area contributed by atoms with E-state index in [0.29, 0.717) is 11.4 Å². The molecule has 3 rings (SSSR count). The summed E-state index contributed by atoms with van der Waals surface area (Å²) in [7, 11) is -2.35. The fraction of sp³-hybridized carbons (Fsp3) is 0.174. The molecule has 0 aromatic heterocycles. The molecule has 0 aliphatic carbocycles. The van der Waals surface area contributed by atoms with Crippen LogP contribution in [0, 0.1) is 11.6 Å². The van der Waals surface area contributed by atoms with Crippen LogP contribution >= 0.6 is 0 Å². The molecule has 0 radical (unpaired) electrons. The molecular weight excluding hydrogens is 438 g/mol. The van der Waals surface area contributed by atoms with Crippen molar-refractivity contribution < 1.29 is 26.7 Å². The number of benzene rings is 3. The molecule has 32 heavy (non-hydrogen) atoms. The molecule has 0 saturated heterocycles. The zero-order valence-corrected chi connectivity index (χ0v) is 18.1. The van der Waals surface area contributed by atoms with Crippen LogP contribution in [0.2, 0.25) is 0 Å². The van der Waals surface area contributed by atoms with E-state index in [9.17, 15) is 22.0 Å². The summed E-state index contributed by atoms with van der Waals surface area (Å²) in [5, 5.41) is 2.65. The molecule has 3 aromatic carbocycles. The van der Waals surface area contributed by atoms with Gasteiger partial charge in [0.2, 0.25) is 5.91 Å². The Morgan fingerprint density at radius 2 is 1.75 bits per heavy atom. The molecule has 0 spiro atoms. The van der Waals surface area contributed by atoms with Gasteiger partial charge in [-0.3, -0.25) is 9.10 Å². The number of nitrogens with one attached hydrogen (secondary N) is 1. The number of para-hydroxylation sites is 1. The molecule has 0 atom stereocenters. The van der Waals surface area contributed by atoms with Crippen molar-refractivity contribution in [1.29, 1.82) is 0 Å². The minimum atomic E-state index is -3.81. The quantitative estimate of drug-likeness (QED) is 0.474. The highest BCUT2D eigenvalue weighted by Crippen LogP contribution is 2.24. The van der Waals surface area contributed by atoms with Crippen molar-refractivity contribution in [2.24, 2.45) is 0 Å². The van der Waals surface area contributed by atoms with E-state index >= 15 is 0 Å². The Morgan fingerprint density at radius 3 is 2.47 bits per heavy atom. The van der Waals surface area contributed by atoms with Crippen LogP contribution in [-0.4, -0.2) is 28.0 Å². The summed E-state index contributed by atoms with van der Waals surface area (Å²) in [6.45, 7) is 0.0618. The van der Waals surface area contributed by atoms with Crippen LogP contribution in [0.3, 0.4) is 0 Å². The smallest absolute Gasteiger partial charge is 0.264 e. The maximum atomic E-state index is 13.5. The van der Waals surface area contributed by atoms with Crippen LogP contribution in [-0.2, 0) is 14.8 Å². The molecule has 0 unspecified atom stereocenters. The fourth-order valence-corrected chi connectivity index (χ4v) is 4.14. The van der Waals surface area contributed by atoms with E-state index in [-0.39, 0.29) is 36.0 Å². The number of hydrogen-bond donors (Lipinski definition) is 1. The van der Waals surface area contributed by atoms with Crippen LogP contribution in [0.4, 0.5) is 20.2 Å². The molecule has 6 nitrogen and oxygen atoms in total. The van der Waals surface area contributed by atoms with Gasteiger partial charge in [-0.1, -0.05) is 24.3 Å². The lowest BCUT2D eigenvalue weighted by Gasteiger charge is -2.19. The van der Waals surface area contributed by atoms with Crippen molar-refractivity contribution in [2.75, 3.05) is 23.3 Å². The van der Waals surface area contributed by atoms with Gasteiger partial charge < -0.3 is 10.1 Å². The first-order valence-electron chi connectivity index (χ1n) is 9.79. The summed E-state index contributed by atoms with van der Waals surface area (Å²) >= 11 is 0. The van der Waals surface area contributed by atoms with E-state index in [4.69, 9.17) is 4.74 Å². The van der Waals surface area contributed by atoms with Gasteiger partial charge in [0.05, 0.1) is 17.2 Å². The van der Waals surface area contributed by atoms with Gasteiger partial charge in [-0.15, -0.1) is 0 Å². The first-order valence-corrected chi connectivity index (χ1v) is 11.2. The minimum absolute atomic E-state index is 0.0387. The van der Waals surface area contributed by atoms with E-state index in [1.165, 1.54) is 29.6 Å². The Kier molecular flexibility index (Phi) is 7.42. The average Bonchev–Trinajstić information content (AvgIpc) is 2.78. The molecule has 0 bridgehead atoms. The second-order valence-corrected chi connectivity index (χ2v) is 8.88. The van der Waals surface area contributed by atoms with Gasteiger partial charge in [0.1, 0.15) is 5.82 Å². The number of rotatable bonds is 9. The standard InChI is InChI=1S/C23H22F2N2O4S/c1-27(19-8-3-2-4-9-19)32(29,30)20-10-5-7-18(16-20)26-23(28)11-6-14-31-22-13-12-17(24)15-21(22)25/h2-5,7-10,12-13,15-16H,6,11,14H2,1H3,(H,26,28). The Morgan fingerprint density at radius 1 is 1.00 bits per heavy atom. The number of anilines is 2. The fourth-order valence-electron chi connectivity index (χ4n) is 2.90. The molecule has 0 aliphatic rings. The lowest BCUT2D eigenvalue weighted by Crippen LogP contribution is -2.26. The molecule has 168 valence electrons. The Labute approximate surface area is 185 Å². The molecule has 0 saturated carbocycles. The topological polar surface area (TPSA) is 75.7 Å². The second-order valence-electron chi connectivity index (χ2n) is 6.91. The van der Waals surface area contributed by atoms with E-state index < -0.39 is 21.7 Å². The van der Waals surface area contributed by atoms with Gasteiger partial charge >= 0.3 is 0 Å². The van der Waals surface area contributed by atoms with Crippen molar-refractivity contribution >= 4 is 27.3 Å². The van der Waals surface area contributed by atoms with E-state index in [0.717, 1.165) is 12.1 Å². The number of sulfonamides is 1. The highest BCUT2D eigenvalue weighted by Gasteiger charge is 2.21. The number of nitrogens with zero attached hydrogens (tertiary/aromatic N) is 1. The summed E-state index contributed by atoms with van der Waals surface area (Å²) in [6, 6.07) is 17.6. The molecule has 1 N–H and O–H groups in total. The van der Waals surface area contributed by atoms with Crippen LogP contribution in [0.1, 0.15) is 12.8 Å². The third-order valence-corrected chi connectivity index (χ3v) is 6.38. The lowest BCUT2D eigenvalue weighted by molar-refractivity contribution is -0.116. The van der Waals surface area contributed by atoms with Crippen LogP contribution < -0.4 is 14.4 Å². The van der Waals surface area contributed by atoms with Crippen LogP contribution in [0.5, 0.6) is 5.75 Å². The van der Waals surface area contributed by atoms with E-state index in [2.05, 4.69) is 5.32 Å². The number of hydrogen-bond acceptors (Lipinski definition) is 4. The van der Waals surface area contributed by atoms with Crippen molar-refractivity contribution in [3.05, 3.63) is 84.4 Å². The van der Waals surface area contributed by atoms with Crippen molar-refractivity contribution in [3.63, 3.8) is 0 Å². The molecule has 1 amide bonds. The first-order chi connectivity index (χ1) is 15.3. The second kappa shape index (κ2) is 10.2. The highest BCUT2D eigenvalue weighted by molar-refractivity contribution is 7.92. The molecule has 3 aromatic rings. The number of carbonyl (C=O) groups excluding carboxylic acids is 1. The zero-order valence-electron chi connectivity index (χ0n) is 17.3. The van der Waals surface area contributed by atoms with Crippen molar-refractivity contribution in [2.45, 2.75) is 17.7 Å². The van der Waals surface area contributed by atoms with Gasteiger partial charge in [-0.25, -0.2) is 17.2 Å².